The van der Waals surface area contributed by atoms with E-state index in [1.165, 1.54) is 11.1 Å². The highest BCUT2D eigenvalue weighted by Gasteiger charge is 2.15. The number of aliphatic hydroxyl groups excluding tert-OH is 1. The maximum atomic E-state index is 10.9. The third-order valence-electron chi connectivity index (χ3n) is 4.39. The van der Waals surface area contributed by atoms with Crippen LogP contribution in [0.5, 0.6) is 5.75 Å². The second kappa shape index (κ2) is 9.88. The lowest BCUT2D eigenvalue weighted by Crippen LogP contribution is -2.35. The van der Waals surface area contributed by atoms with Crippen molar-refractivity contribution in [3.63, 3.8) is 0 Å². The lowest BCUT2D eigenvalue weighted by molar-refractivity contribution is 0.0604. The fourth-order valence-corrected chi connectivity index (χ4v) is 2.98. The van der Waals surface area contributed by atoms with Crippen LogP contribution in [0.1, 0.15) is 27.2 Å². The minimum absolute atomic E-state index is 0.144. The van der Waals surface area contributed by atoms with E-state index in [9.17, 15) is 9.90 Å². The standard InChI is InChI=1S/C23H25NO4/c1-18-7-9-19(10-8-18)13-24(15-23-6-3-11-27-23)14-21(26)17-28-22-5-2-4-20(12-22)16-25/h2-12,16,21,26H,13-15,17H2,1H3. The highest BCUT2D eigenvalue weighted by atomic mass is 16.5. The first-order valence-corrected chi connectivity index (χ1v) is 9.29. The Morgan fingerprint density at radius 3 is 2.64 bits per heavy atom. The molecule has 1 unspecified atom stereocenters. The Hall–Kier alpha value is -2.89. The van der Waals surface area contributed by atoms with E-state index in [0.717, 1.165) is 12.0 Å². The van der Waals surface area contributed by atoms with Crippen LogP contribution in [0.2, 0.25) is 0 Å². The van der Waals surface area contributed by atoms with Crippen molar-refractivity contribution in [2.75, 3.05) is 13.2 Å². The molecule has 0 spiro atoms. The van der Waals surface area contributed by atoms with E-state index in [1.54, 1.807) is 30.5 Å². The molecule has 2 aromatic carbocycles. The molecule has 0 amide bonds. The minimum atomic E-state index is -0.680. The Morgan fingerprint density at radius 1 is 1.11 bits per heavy atom. The molecule has 1 atom stereocenters. The van der Waals surface area contributed by atoms with Crippen molar-refractivity contribution in [2.45, 2.75) is 26.1 Å². The predicted molar refractivity (Wildman–Crippen MR) is 107 cm³/mol. The second-order valence-electron chi connectivity index (χ2n) is 6.89. The molecule has 0 aliphatic rings. The fourth-order valence-electron chi connectivity index (χ4n) is 2.98. The number of benzene rings is 2. The zero-order chi connectivity index (χ0) is 19.8. The van der Waals surface area contributed by atoms with E-state index >= 15 is 0 Å². The quantitative estimate of drug-likeness (QED) is 0.542. The molecule has 3 aromatic rings. The molecule has 1 aromatic heterocycles. The monoisotopic (exact) mass is 379 g/mol. The number of hydrogen-bond donors (Lipinski definition) is 1. The number of nitrogens with zero attached hydrogens (tertiary/aromatic N) is 1. The summed E-state index contributed by atoms with van der Waals surface area (Å²) in [4.78, 5) is 13.0. The van der Waals surface area contributed by atoms with Gasteiger partial charge >= 0.3 is 0 Å². The normalized spacial score (nSPS) is 12.1. The van der Waals surface area contributed by atoms with Crippen LogP contribution < -0.4 is 4.74 Å². The van der Waals surface area contributed by atoms with Crippen LogP contribution in [-0.4, -0.2) is 35.5 Å². The van der Waals surface area contributed by atoms with Gasteiger partial charge in [0.05, 0.1) is 12.8 Å². The van der Waals surface area contributed by atoms with E-state index in [1.807, 2.05) is 12.1 Å². The van der Waals surface area contributed by atoms with E-state index in [2.05, 4.69) is 36.1 Å². The smallest absolute Gasteiger partial charge is 0.150 e. The number of rotatable bonds is 10. The summed E-state index contributed by atoms with van der Waals surface area (Å²) in [6.45, 7) is 3.93. The van der Waals surface area contributed by atoms with Crippen molar-refractivity contribution in [3.05, 3.63) is 89.4 Å². The molecule has 5 heteroatoms. The molecule has 0 radical (unpaired) electrons. The lowest BCUT2D eigenvalue weighted by Gasteiger charge is -2.24. The Balaban J connectivity index is 1.60. The van der Waals surface area contributed by atoms with Crippen molar-refractivity contribution in [3.8, 4) is 5.75 Å². The molecule has 0 fully saturated rings. The Kier molecular flexibility index (Phi) is 7.00. The molecule has 0 saturated carbocycles. The topological polar surface area (TPSA) is 62.9 Å². The molecule has 1 heterocycles. The van der Waals surface area contributed by atoms with Crippen LogP contribution in [0.4, 0.5) is 0 Å². The van der Waals surface area contributed by atoms with Crippen LogP contribution in [0, 0.1) is 6.92 Å². The molecule has 5 nitrogen and oxygen atoms in total. The van der Waals surface area contributed by atoms with Crippen LogP contribution in [-0.2, 0) is 13.1 Å². The minimum Gasteiger partial charge on any atom is -0.491 e. The van der Waals surface area contributed by atoms with Crippen molar-refractivity contribution in [2.24, 2.45) is 0 Å². The number of aryl methyl sites for hydroxylation is 1. The summed E-state index contributed by atoms with van der Waals surface area (Å²) in [6, 6.07) is 19.0. The Bertz CT molecular complexity index is 859. The highest BCUT2D eigenvalue weighted by molar-refractivity contribution is 5.75. The fraction of sp³-hybridized carbons (Fsp3) is 0.261. The summed E-state index contributed by atoms with van der Waals surface area (Å²) in [6.07, 6.45) is 1.75. The second-order valence-corrected chi connectivity index (χ2v) is 6.89. The summed E-state index contributed by atoms with van der Waals surface area (Å²) in [7, 11) is 0. The predicted octanol–water partition coefficient (Wildman–Crippen LogP) is 3.84. The maximum Gasteiger partial charge on any atom is 0.150 e. The summed E-state index contributed by atoms with van der Waals surface area (Å²) >= 11 is 0. The summed E-state index contributed by atoms with van der Waals surface area (Å²) in [5.41, 5.74) is 2.93. The van der Waals surface area contributed by atoms with Gasteiger partial charge in [0.25, 0.3) is 0 Å². The van der Waals surface area contributed by atoms with Gasteiger partial charge in [-0.1, -0.05) is 42.0 Å². The van der Waals surface area contributed by atoms with Crippen LogP contribution in [0.25, 0.3) is 0 Å². The van der Waals surface area contributed by atoms with Gasteiger partial charge in [-0.15, -0.1) is 0 Å². The average Bonchev–Trinajstić information content (AvgIpc) is 3.21. The molecule has 146 valence electrons. The third kappa shape index (κ3) is 6.08. The van der Waals surface area contributed by atoms with Crippen LogP contribution in [0.15, 0.2) is 71.3 Å². The number of aldehydes is 1. The highest BCUT2D eigenvalue weighted by Crippen LogP contribution is 2.14. The van der Waals surface area contributed by atoms with Gasteiger partial charge in [-0.25, -0.2) is 0 Å². The SMILES string of the molecule is Cc1ccc(CN(Cc2ccco2)CC(O)COc2cccc(C=O)c2)cc1. The Labute approximate surface area is 165 Å². The average molecular weight is 379 g/mol. The van der Waals surface area contributed by atoms with Crippen molar-refractivity contribution >= 4 is 6.29 Å². The number of hydrogen-bond acceptors (Lipinski definition) is 5. The summed E-state index contributed by atoms with van der Waals surface area (Å²) in [5.74, 6) is 1.42. The number of carbonyl (C=O) groups is 1. The molecule has 28 heavy (non-hydrogen) atoms. The molecule has 3 rings (SSSR count). The molecular weight excluding hydrogens is 354 g/mol. The first-order chi connectivity index (χ1) is 13.6. The zero-order valence-corrected chi connectivity index (χ0v) is 16.0. The zero-order valence-electron chi connectivity index (χ0n) is 16.0. The van der Waals surface area contributed by atoms with Gasteiger partial charge in [-0.2, -0.15) is 0 Å². The number of carbonyl (C=O) groups excluding carboxylic acids is 1. The van der Waals surface area contributed by atoms with E-state index in [-0.39, 0.29) is 6.61 Å². The number of furan rings is 1. The van der Waals surface area contributed by atoms with Gasteiger partial charge in [-0.05, 0) is 36.8 Å². The summed E-state index contributed by atoms with van der Waals surface area (Å²) in [5, 5.41) is 10.5. The van der Waals surface area contributed by atoms with E-state index in [4.69, 9.17) is 9.15 Å². The maximum absolute atomic E-state index is 10.9. The third-order valence-corrected chi connectivity index (χ3v) is 4.39. The lowest BCUT2D eigenvalue weighted by atomic mass is 10.1. The number of ether oxygens (including phenoxy) is 1. The van der Waals surface area contributed by atoms with Gasteiger partial charge in [0, 0.05) is 18.7 Å². The van der Waals surface area contributed by atoms with E-state index in [0.29, 0.717) is 30.9 Å². The van der Waals surface area contributed by atoms with Crippen LogP contribution >= 0.6 is 0 Å². The van der Waals surface area contributed by atoms with Crippen molar-refractivity contribution in [1.82, 2.24) is 4.90 Å². The largest absolute Gasteiger partial charge is 0.491 e. The molecule has 1 N–H and O–H groups in total. The first kappa shape index (κ1) is 19.9. The summed E-state index contributed by atoms with van der Waals surface area (Å²) < 4.78 is 11.1. The number of aliphatic hydroxyl groups is 1. The molecule has 0 aliphatic heterocycles. The van der Waals surface area contributed by atoms with Gasteiger partial charge in [0.15, 0.2) is 0 Å². The van der Waals surface area contributed by atoms with Crippen molar-refractivity contribution in [1.29, 1.82) is 0 Å². The molecular formula is C23H25NO4. The van der Waals surface area contributed by atoms with Crippen molar-refractivity contribution < 1.29 is 19.1 Å². The van der Waals surface area contributed by atoms with Gasteiger partial charge in [-0.3, -0.25) is 9.69 Å². The molecule has 0 saturated heterocycles. The first-order valence-electron chi connectivity index (χ1n) is 9.29. The van der Waals surface area contributed by atoms with Gasteiger partial charge < -0.3 is 14.3 Å². The van der Waals surface area contributed by atoms with Gasteiger partial charge in [0.1, 0.15) is 30.5 Å². The van der Waals surface area contributed by atoms with E-state index < -0.39 is 6.10 Å². The molecule has 0 aliphatic carbocycles. The molecule has 0 bridgehead atoms. The Morgan fingerprint density at radius 2 is 1.93 bits per heavy atom. The van der Waals surface area contributed by atoms with Crippen LogP contribution in [0.3, 0.4) is 0 Å². The van der Waals surface area contributed by atoms with Gasteiger partial charge in [0.2, 0.25) is 0 Å².